The molecule has 0 aromatic rings. The molecule has 0 N–H and O–H groups in total. The van der Waals surface area contributed by atoms with Gasteiger partial charge in [-0.3, -0.25) is 0 Å². The van der Waals surface area contributed by atoms with Crippen LogP contribution >= 0.6 is 0 Å². The Labute approximate surface area is 109 Å². The third-order valence-electron chi connectivity index (χ3n) is 7.44. The van der Waals surface area contributed by atoms with Crippen molar-refractivity contribution in [2.24, 2.45) is 34.0 Å². The van der Waals surface area contributed by atoms with E-state index >= 15 is 0 Å². The Morgan fingerprint density at radius 3 is 1.94 bits per heavy atom. The van der Waals surface area contributed by atoms with Gasteiger partial charge >= 0.3 is 0 Å². The van der Waals surface area contributed by atoms with Gasteiger partial charge in [0, 0.05) is 0 Å². The molecule has 2 fully saturated rings. The number of rotatable bonds is 1. The average Bonchev–Trinajstić information content (AvgIpc) is 2.21. The molecule has 3 atom stereocenters. The van der Waals surface area contributed by atoms with E-state index in [1.165, 1.54) is 25.7 Å². The summed E-state index contributed by atoms with van der Waals surface area (Å²) in [7, 11) is 0. The number of hydrogen-bond donors (Lipinski definition) is 0. The largest absolute Gasteiger partial charge is 0.0651 e. The predicted octanol–water partition coefficient (Wildman–Crippen LogP) is 5.52. The third kappa shape index (κ3) is 1.62. The molecule has 0 nitrogen and oxygen atoms in total. The van der Waals surface area contributed by atoms with E-state index in [1.807, 2.05) is 0 Å². The van der Waals surface area contributed by atoms with Crippen LogP contribution in [0.3, 0.4) is 0 Å². The van der Waals surface area contributed by atoms with Gasteiger partial charge in [-0.25, -0.2) is 0 Å². The Kier molecular flexibility index (Phi) is 2.96. The Balaban J connectivity index is 2.45. The quantitative estimate of drug-likeness (QED) is 0.562. The van der Waals surface area contributed by atoms with E-state index in [1.54, 1.807) is 0 Å². The number of fused-ring (bicyclic) bond motifs is 1. The SMILES string of the molecule is CCC1C2CCC2CC(C)(C)C(C)(C)C1(C)C. The van der Waals surface area contributed by atoms with Crippen molar-refractivity contribution in [3.05, 3.63) is 0 Å². The fourth-order valence-electron chi connectivity index (χ4n) is 4.97. The lowest BCUT2D eigenvalue weighted by molar-refractivity contribution is -0.0562. The van der Waals surface area contributed by atoms with Crippen LogP contribution in [0.4, 0.5) is 0 Å². The van der Waals surface area contributed by atoms with Crippen LogP contribution < -0.4 is 0 Å². The second-order valence-electron chi connectivity index (χ2n) is 8.45. The summed E-state index contributed by atoms with van der Waals surface area (Å²) in [6.45, 7) is 17.6. The van der Waals surface area contributed by atoms with Crippen LogP contribution in [0, 0.1) is 34.0 Å². The average molecular weight is 236 g/mol. The lowest BCUT2D eigenvalue weighted by atomic mass is 9.50. The van der Waals surface area contributed by atoms with Gasteiger partial charge in [0.1, 0.15) is 0 Å². The van der Waals surface area contributed by atoms with Gasteiger partial charge in [-0.1, -0.05) is 54.9 Å². The van der Waals surface area contributed by atoms with E-state index in [-0.39, 0.29) is 0 Å². The van der Waals surface area contributed by atoms with Gasteiger partial charge in [-0.2, -0.15) is 0 Å². The topological polar surface area (TPSA) is 0 Å². The first-order chi connectivity index (χ1) is 7.65. The zero-order valence-electron chi connectivity index (χ0n) is 13.1. The van der Waals surface area contributed by atoms with Crippen molar-refractivity contribution in [2.45, 2.75) is 74.1 Å². The molecule has 0 spiro atoms. The molecule has 0 aliphatic heterocycles. The Morgan fingerprint density at radius 1 is 0.941 bits per heavy atom. The molecular formula is C17H32. The highest BCUT2D eigenvalue weighted by molar-refractivity contribution is 5.07. The summed E-state index contributed by atoms with van der Waals surface area (Å²) in [4.78, 5) is 0. The molecule has 2 aliphatic rings. The zero-order valence-corrected chi connectivity index (χ0v) is 13.1. The highest BCUT2D eigenvalue weighted by atomic mass is 14.6. The van der Waals surface area contributed by atoms with Gasteiger partial charge in [-0.05, 0) is 53.3 Å². The van der Waals surface area contributed by atoms with Gasteiger partial charge in [0.2, 0.25) is 0 Å². The van der Waals surface area contributed by atoms with E-state index in [4.69, 9.17) is 0 Å². The molecule has 0 heterocycles. The molecule has 0 radical (unpaired) electrons. The predicted molar refractivity (Wildman–Crippen MR) is 76.0 cm³/mol. The summed E-state index contributed by atoms with van der Waals surface area (Å²) in [5.74, 6) is 2.98. The Bertz CT molecular complexity index is 295. The van der Waals surface area contributed by atoms with Crippen molar-refractivity contribution in [2.75, 3.05) is 0 Å². The lowest BCUT2D eigenvalue weighted by Gasteiger charge is -2.54. The highest BCUT2D eigenvalue weighted by Crippen LogP contribution is 2.66. The monoisotopic (exact) mass is 236 g/mol. The van der Waals surface area contributed by atoms with Gasteiger partial charge in [0.05, 0.1) is 0 Å². The summed E-state index contributed by atoms with van der Waals surface area (Å²) in [6, 6.07) is 0. The molecule has 0 aromatic carbocycles. The minimum Gasteiger partial charge on any atom is -0.0651 e. The van der Waals surface area contributed by atoms with Crippen molar-refractivity contribution >= 4 is 0 Å². The maximum atomic E-state index is 2.55. The second kappa shape index (κ2) is 3.75. The molecule has 2 aliphatic carbocycles. The number of hydrogen-bond acceptors (Lipinski definition) is 0. The summed E-state index contributed by atoms with van der Waals surface area (Å²) >= 11 is 0. The molecular weight excluding hydrogens is 204 g/mol. The van der Waals surface area contributed by atoms with E-state index in [9.17, 15) is 0 Å². The summed E-state index contributed by atoms with van der Waals surface area (Å²) in [5.41, 5.74) is 1.37. The highest BCUT2D eigenvalue weighted by Gasteiger charge is 2.58. The maximum Gasteiger partial charge on any atom is -0.0249 e. The molecule has 0 amide bonds. The smallest absolute Gasteiger partial charge is 0.0249 e. The molecule has 2 rings (SSSR count). The second-order valence-corrected chi connectivity index (χ2v) is 8.45. The minimum absolute atomic E-state index is 0.429. The first-order valence-corrected chi connectivity index (χ1v) is 7.65. The summed E-state index contributed by atoms with van der Waals surface area (Å²) < 4.78 is 0. The van der Waals surface area contributed by atoms with Crippen molar-refractivity contribution in [3.8, 4) is 0 Å². The third-order valence-corrected chi connectivity index (χ3v) is 7.44. The fraction of sp³-hybridized carbons (Fsp3) is 1.00. The zero-order chi connectivity index (χ0) is 13.1. The molecule has 2 saturated carbocycles. The molecule has 17 heavy (non-hydrogen) atoms. The van der Waals surface area contributed by atoms with Crippen molar-refractivity contribution in [1.29, 1.82) is 0 Å². The Morgan fingerprint density at radius 2 is 1.53 bits per heavy atom. The van der Waals surface area contributed by atoms with Crippen LogP contribution in [-0.2, 0) is 0 Å². The minimum atomic E-state index is 0.429. The van der Waals surface area contributed by atoms with Gasteiger partial charge < -0.3 is 0 Å². The summed E-state index contributed by atoms with van der Waals surface area (Å²) in [5, 5.41) is 0. The van der Waals surface area contributed by atoms with Crippen molar-refractivity contribution < 1.29 is 0 Å². The van der Waals surface area contributed by atoms with Crippen molar-refractivity contribution in [3.63, 3.8) is 0 Å². The molecule has 0 heteroatoms. The first-order valence-electron chi connectivity index (χ1n) is 7.65. The van der Waals surface area contributed by atoms with E-state index in [0.717, 1.165) is 17.8 Å². The van der Waals surface area contributed by atoms with Crippen molar-refractivity contribution in [1.82, 2.24) is 0 Å². The van der Waals surface area contributed by atoms with Crippen LogP contribution in [-0.4, -0.2) is 0 Å². The molecule has 0 saturated heterocycles. The molecule has 3 unspecified atom stereocenters. The first kappa shape index (κ1) is 13.4. The fourth-order valence-corrected chi connectivity index (χ4v) is 4.97. The normalized spacial score (nSPS) is 42.2. The van der Waals surface area contributed by atoms with Crippen LogP contribution in [0.25, 0.3) is 0 Å². The maximum absolute atomic E-state index is 2.55. The van der Waals surface area contributed by atoms with Crippen LogP contribution in [0.1, 0.15) is 74.1 Å². The standard InChI is InChI=1S/C17H32/c1-8-14-13-10-9-12(13)11-15(2,3)17(6,7)16(14,4)5/h12-14H,8-11H2,1-7H3. The van der Waals surface area contributed by atoms with Crippen LogP contribution in [0.15, 0.2) is 0 Å². The molecule has 0 aromatic heterocycles. The van der Waals surface area contributed by atoms with E-state index in [2.05, 4.69) is 48.5 Å². The summed E-state index contributed by atoms with van der Waals surface area (Å²) in [6.07, 6.45) is 5.81. The van der Waals surface area contributed by atoms with Crippen LogP contribution in [0.2, 0.25) is 0 Å². The van der Waals surface area contributed by atoms with E-state index < -0.39 is 0 Å². The Hall–Kier alpha value is 0. The molecule has 0 bridgehead atoms. The van der Waals surface area contributed by atoms with Crippen LogP contribution in [0.5, 0.6) is 0 Å². The molecule has 100 valence electrons. The van der Waals surface area contributed by atoms with Gasteiger partial charge in [0.25, 0.3) is 0 Å². The van der Waals surface area contributed by atoms with Gasteiger partial charge in [0.15, 0.2) is 0 Å². The lowest BCUT2D eigenvalue weighted by Crippen LogP contribution is -2.47. The van der Waals surface area contributed by atoms with E-state index in [0.29, 0.717) is 16.2 Å². The van der Waals surface area contributed by atoms with Gasteiger partial charge in [-0.15, -0.1) is 0 Å².